The second kappa shape index (κ2) is 4.52. The van der Waals surface area contributed by atoms with Crippen LogP contribution in [0.3, 0.4) is 0 Å². The van der Waals surface area contributed by atoms with Crippen molar-refractivity contribution in [1.29, 1.82) is 0 Å². The third-order valence-corrected chi connectivity index (χ3v) is 3.69. The van der Waals surface area contributed by atoms with Crippen molar-refractivity contribution in [3.63, 3.8) is 0 Å². The van der Waals surface area contributed by atoms with E-state index in [1.165, 1.54) is 13.8 Å². The van der Waals surface area contributed by atoms with Gasteiger partial charge >= 0.3 is 6.18 Å². The smallest absolute Gasteiger partial charge is 0.267 e. The van der Waals surface area contributed by atoms with Crippen LogP contribution in [0.1, 0.15) is 19.4 Å². The number of alkyl halides is 3. The Balaban J connectivity index is 2.91. The number of nitrogens with one attached hydrogen (secondary N) is 1. The topological polar surface area (TPSA) is 59.1 Å². The molecule has 17 heavy (non-hydrogen) atoms. The fourth-order valence-electron chi connectivity index (χ4n) is 0.886. The van der Waals surface area contributed by atoms with E-state index in [1.54, 1.807) is 0 Å². The largest absolute Gasteiger partial charge is 0.417 e. The van der Waals surface area contributed by atoms with E-state index in [0.717, 1.165) is 12.1 Å². The molecule has 0 aliphatic carbocycles. The molecule has 0 unspecified atom stereocenters. The fraction of sp³-hybridized carbons (Fsp3) is 0.444. The lowest BCUT2D eigenvalue weighted by Gasteiger charge is -2.11. The Hall–Kier alpha value is -1.31. The Labute approximate surface area is 96.9 Å². The van der Waals surface area contributed by atoms with E-state index in [9.17, 15) is 21.6 Å². The van der Waals surface area contributed by atoms with Gasteiger partial charge in [-0.3, -0.25) is 4.72 Å². The standard InChI is InChI=1S/C9H11F3N2O2S/c1-6(2)17(15,16)14-8-4-3-7(5-13-8)9(10,11)12/h3-6H,1-2H3,(H,13,14). The molecule has 0 aliphatic heterocycles. The van der Waals surface area contributed by atoms with Crippen LogP contribution < -0.4 is 4.72 Å². The van der Waals surface area contributed by atoms with Gasteiger partial charge in [-0.15, -0.1) is 0 Å². The Morgan fingerprint density at radius 2 is 1.88 bits per heavy atom. The number of rotatable bonds is 3. The maximum Gasteiger partial charge on any atom is 0.417 e. The van der Waals surface area contributed by atoms with Crippen LogP contribution in [0.5, 0.6) is 0 Å². The van der Waals surface area contributed by atoms with Crippen LogP contribution in [0.25, 0.3) is 0 Å². The highest BCUT2D eigenvalue weighted by atomic mass is 32.2. The third kappa shape index (κ3) is 3.58. The molecule has 0 atom stereocenters. The summed E-state index contributed by atoms with van der Waals surface area (Å²) in [5.41, 5.74) is -0.926. The highest BCUT2D eigenvalue weighted by Gasteiger charge is 2.30. The lowest BCUT2D eigenvalue weighted by atomic mass is 10.3. The monoisotopic (exact) mass is 268 g/mol. The minimum Gasteiger partial charge on any atom is -0.267 e. The van der Waals surface area contributed by atoms with Crippen LogP contribution in [0.15, 0.2) is 18.3 Å². The summed E-state index contributed by atoms with van der Waals surface area (Å²) >= 11 is 0. The number of sulfonamides is 1. The second-order valence-electron chi connectivity index (χ2n) is 3.63. The third-order valence-electron chi connectivity index (χ3n) is 1.96. The first-order chi connectivity index (χ1) is 7.63. The van der Waals surface area contributed by atoms with Gasteiger partial charge < -0.3 is 0 Å². The van der Waals surface area contributed by atoms with Crippen molar-refractivity contribution in [3.05, 3.63) is 23.9 Å². The molecule has 0 aromatic carbocycles. The number of hydrogen-bond donors (Lipinski definition) is 1. The summed E-state index contributed by atoms with van der Waals surface area (Å²) in [6.07, 6.45) is -3.90. The molecule has 0 spiro atoms. The summed E-state index contributed by atoms with van der Waals surface area (Å²) in [7, 11) is -3.59. The van der Waals surface area contributed by atoms with Crippen molar-refractivity contribution in [2.45, 2.75) is 25.3 Å². The Morgan fingerprint density at radius 1 is 1.29 bits per heavy atom. The molecule has 96 valence electrons. The number of aromatic nitrogens is 1. The highest BCUT2D eigenvalue weighted by molar-refractivity contribution is 7.93. The van der Waals surface area contributed by atoms with Gasteiger partial charge in [-0.1, -0.05) is 0 Å². The number of anilines is 1. The molecule has 0 radical (unpaired) electrons. The van der Waals surface area contributed by atoms with Gasteiger partial charge in [0, 0.05) is 6.20 Å². The van der Waals surface area contributed by atoms with Gasteiger partial charge in [-0.25, -0.2) is 13.4 Å². The van der Waals surface area contributed by atoms with Gasteiger partial charge in [0.1, 0.15) is 5.82 Å². The second-order valence-corrected chi connectivity index (χ2v) is 5.86. The summed E-state index contributed by atoms with van der Waals surface area (Å²) in [6.45, 7) is 2.90. The van der Waals surface area contributed by atoms with E-state index in [4.69, 9.17) is 0 Å². The number of halogens is 3. The minimum atomic E-state index is -4.48. The van der Waals surface area contributed by atoms with Gasteiger partial charge in [0.2, 0.25) is 10.0 Å². The SMILES string of the molecule is CC(C)S(=O)(=O)Nc1ccc(C(F)(F)F)cn1. The van der Waals surface area contributed by atoms with E-state index in [0.29, 0.717) is 6.20 Å². The molecule has 1 rings (SSSR count). The molecule has 1 N–H and O–H groups in total. The van der Waals surface area contributed by atoms with Gasteiger partial charge in [0.15, 0.2) is 0 Å². The molecule has 1 aromatic rings. The van der Waals surface area contributed by atoms with Crippen LogP contribution in [-0.4, -0.2) is 18.7 Å². The predicted octanol–water partition coefficient (Wildman–Crippen LogP) is 2.25. The summed E-state index contributed by atoms with van der Waals surface area (Å²) in [6, 6.07) is 1.74. The summed E-state index contributed by atoms with van der Waals surface area (Å²) in [5, 5.41) is -0.688. The van der Waals surface area contributed by atoms with E-state index in [1.807, 2.05) is 0 Å². The van der Waals surface area contributed by atoms with Crippen LogP contribution in [0.2, 0.25) is 0 Å². The lowest BCUT2D eigenvalue weighted by Crippen LogP contribution is -2.23. The molecule has 0 fully saturated rings. The van der Waals surface area contributed by atoms with E-state index >= 15 is 0 Å². The van der Waals surface area contributed by atoms with Crippen LogP contribution in [0, 0.1) is 0 Å². The average molecular weight is 268 g/mol. The van der Waals surface area contributed by atoms with Crippen molar-refractivity contribution < 1.29 is 21.6 Å². The number of nitrogens with zero attached hydrogens (tertiary/aromatic N) is 1. The summed E-state index contributed by atoms with van der Waals surface area (Å²) < 4.78 is 61.5. The van der Waals surface area contributed by atoms with Crippen LogP contribution >= 0.6 is 0 Å². The molecule has 1 aromatic heterocycles. The number of pyridine rings is 1. The highest BCUT2D eigenvalue weighted by Crippen LogP contribution is 2.28. The lowest BCUT2D eigenvalue weighted by molar-refractivity contribution is -0.137. The van der Waals surface area contributed by atoms with Crippen LogP contribution in [-0.2, 0) is 16.2 Å². The van der Waals surface area contributed by atoms with Crippen molar-refractivity contribution in [3.8, 4) is 0 Å². The normalized spacial score (nSPS) is 12.8. The van der Waals surface area contributed by atoms with E-state index in [-0.39, 0.29) is 5.82 Å². The maximum atomic E-state index is 12.2. The molecule has 4 nitrogen and oxygen atoms in total. The molecule has 0 bridgehead atoms. The molecular weight excluding hydrogens is 257 g/mol. The zero-order valence-electron chi connectivity index (χ0n) is 9.12. The van der Waals surface area contributed by atoms with Gasteiger partial charge in [-0.2, -0.15) is 13.2 Å². The Kier molecular flexibility index (Phi) is 3.65. The molecule has 0 amide bonds. The number of hydrogen-bond acceptors (Lipinski definition) is 3. The zero-order chi connectivity index (χ0) is 13.3. The zero-order valence-corrected chi connectivity index (χ0v) is 9.93. The first kappa shape index (κ1) is 13.8. The predicted molar refractivity (Wildman–Crippen MR) is 56.9 cm³/mol. The molecule has 0 saturated carbocycles. The molecule has 0 aliphatic rings. The first-order valence-corrected chi connectivity index (χ1v) is 6.22. The Bertz CT molecular complexity index is 480. The van der Waals surface area contributed by atoms with E-state index < -0.39 is 27.0 Å². The summed E-state index contributed by atoms with van der Waals surface area (Å²) in [5.74, 6) is -0.133. The van der Waals surface area contributed by atoms with Crippen molar-refractivity contribution in [2.75, 3.05) is 4.72 Å². The van der Waals surface area contributed by atoms with Gasteiger partial charge in [-0.05, 0) is 26.0 Å². The van der Waals surface area contributed by atoms with Gasteiger partial charge in [0.25, 0.3) is 0 Å². The average Bonchev–Trinajstić information content (AvgIpc) is 2.16. The fourth-order valence-corrected chi connectivity index (χ4v) is 1.53. The van der Waals surface area contributed by atoms with Gasteiger partial charge in [0.05, 0.1) is 10.8 Å². The quantitative estimate of drug-likeness (QED) is 0.914. The molecule has 1 heterocycles. The minimum absolute atomic E-state index is 0.133. The molecule has 0 saturated heterocycles. The van der Waals surface area contributed by atoms with Crippen molar-refractivity contribution in [1.82, 2.24) is 4.98 Å². The Morgan fingerprint density at radius 3 is 2.24 bits per heavy atom. The molecular formula is C9H11F3N2O2S. The molecule has 8 heteroatoms. The van der Waals surface area contributed by atoms with Crippen LogP contribution in [0.4, 0.5) is 19.0 Å². The summed E-state index contributed by atoms with van der Waals surface area (Å²) in [4.78, 5) is 3.40. The van der Waals surface area contributed by atoms with Crippen molar-refractivity contribution >= 4 is 15.8 Å². The van der Waals surface area contributed by atoms with Crippen molar-refractivity contribution in [2.24, 2.45) is 0 Å². The van der Waals surface area contributed by atoms with E-state index in [2.05, 4.69) is 9.71 Å². The maximum absolute atomic E-state index is 12.2. The first-order valence-electron chi connectivity index (χ1n) is 4.68.